The van der Waals surface area contributed by atoms with Crippen molar-refractivity contribution in [1.29, 1.82) is 0 Å². The second-order valence-corrected chi connectivity index (χ2v) is 8.02. The van der Waals surface area contributed by atoms with Crippen molar-refractivity contribution in [3.8, 4) is 21.3 Å². The van der Waals surface area contributed by atoms with Crippen LogP contribution in [-0.4, -0.2) is 26.1 Å². The van der Waals surface area contributed by atoms with E-state index in [0.29, 0.717) is 26.2 Å². The molecular weight excluding hydrogens is 433 g/mol. The third kappa shape index (κ3) is 3.66. The normalized spacial score (nSPS) is 11.4. The van der Waals surface area contributed by atoms with Gasteiger partial charge in [0.1, 0.15) is 5.01 Å². The summed E-state index contributed by atoms with van der Waals surface area (Å²) in [6.45, 7) is 1.94. The first-order valence-electron chi connectivity index (χ1n) is 8.23. The van der Waals surface area contributed by atoms with Gasteiger partial charge in [-0.15, -0.1) is 11.3 Å². The summed E-state index contributed by atoms with van der Waals surface area (Å²) in [4.78, 5) is 5.57. The minimum absolute atomic E-state index is 0.374. The molecule has 28 heavy (non-hydrogen) atoms. The number of aryl methyl sites for hydroxylation is 1. The van der Waals surface area contributed by atoms with Crippen molar-refractivity contribution in [1.82, 2.24) is 19.9 Å². The summed E-state index contributed by atoms with van der Waals surface area (Å²) in [7, 11) is 0. The van der Waals surface area contributed by atoms with Gasteiger partial charge in [-0.3, -0.25) is 0 Å². The summed E-state index contributed by atoms with van der Waals surface area (Å²) in [6, 6.07) is 15.4. The van der Waals surface area contributed by atoms with Crippen molar-refractivity contribution in [2.75, 3.05) is 0 Å². The van der Waals surface area contributed by atoms with E-state index in [1.54, 1.807) is 17.0 Å². The van der Waals surface area contributed by atoms with Crippen LogP contribution in [0.2, 0.25) is 10.0 Å². The van der Waals surface area contributed by atoms with Gasteiger partial charge in [0.05, 0.1) is 26.8 Å². The van der Waals surface area contributed by atoms with Crippen molar-refractivity contribution in [2.45, 2.75) is 6.92 Å². The lowest BCUT2D eigenvalue weighted by Gasteiger charge is -2.01. The zero-order chi connectivity index (χ0) is 19.7. The maximum Gasteiger partial charge on any atom is 0.216 e. The van der Waals surface area contributed by atoms with Crippen molar-refractivity contribution >= 4 is 53.0 Å². The number of thiazole rings is 1. The standard InChI is InChI=1S/C19H13Cl2N5S2/c1-11-16(28-18(23-11)12-6-3-2-4-7-12)17-24-25-19(27)26(17)22-10-13-8-5-9-14(20)15(13)21/h2-10H,1H3,(H,25,27)/b22-10+. The van der Waals surface area contributed by atoms with Gasteiger partial charge < -0.3 is 0 Å². The average molecular weight is 446 g/mol. The molecule has 0 aliphatic rings. The van der Waals surface area contributed by atoms with Crippen LogP contribution in [0.4, 0.5) is 0 Å². The summed E-state index contributed by atoms with van der Waals surface area (Å²) < 4.78 is 1.93. The summed E-state index contributed by atoms with van der Waals surface area (Å²) in [5.41, 5.74) is 2.60. The molecule has 0 amide bonds. The van der Waals surface area contributed by atoms with Crippen molar-refractivity contribution in [3.63, 3.8) is 0 Å². The van der Waals surface area contributed by atoms with Crippen LogP contribution < -0.4 is 0 Å². The number of hydrogen-bond donors (Lipinski definition) is 1. The topological polar surface area (TPSA) is 58.9 Å². The minimum Gasteiger partial charge on any atom is -0.250 e. The van der Waals surface area contributed by atoms with Gasteiger partial charge in [0.15, 0.2) is 5.82 Å². The smallest absolute Gasteiger partial charge is 0.216 e. The Hall–Kier alpha value is -2.32. The van der Waals surface area contributed by atoms with Gasteiger partial charge in [0.2, 0.25) is 4.77 Å². The average Bonchev–Trinajstić information content (AvgIpc) is 3.26. The molecule has 0 unspecified atom stereocenters. The molecule has 1 N–H and O–H groups in total. The quantitative estimate of drug-likeness (QED) is 0.299. The summed E-state index contributed by atoms with van der Waals surface area (Å²) in [5.74, 6) is 0.594. The highest BCUT2D eigenvalue weighted by atomic mass is 35.5. The zero-order valence-electron chi connectivity index (χ0n) is 14.6. The molecule has 4 aromatic rings. The van der Waals surface area contributed by atoms with E-state index in [2.05, 4.69) is 20.3 Å². The predicted molar refractivity (Wildman–Crippen MR) is 118 cm³/mol. The number of halogens is 2. The van der Waals surface area contributed by atoms with Gasteiger partial charge in [0.25, 0.3) is 0 Å². The van der Waals surface area contributed by atoms with Gasteiger partial charge in [-0.2, -0.15) is 14.9 Å². The molecule has 0 bridgehead atoms. The third-order valence-electron chi connectivity index (χ3n) is 3.96. The number of rotatable bonds is 4. The Morgan fingerprint density at radius 3 is 2.71 bits per heavy atom. The van der Waals surface area contributed by atoms with Gasteiger partial charge >= 0.3 is 0 Å². The molecule has 0 spiro atoms. The maximum absolute atomic E-state index is 6.24. The number of nitrogens with one attached hydrogen (secondary N) is 1. The molecule has 0 aliphatic heterocycles. The molecule has 0 fully saturated rings. The molecule has 0 radical (unpaired) electrons. The van der Waals surface area contributed by atoms with Crippen LogP contribution in [0.15, 0.2) is 53.6 Å². The molecule has 2 heterocycles. The molecule has 9 heteroatoms. The highest BCUT2D eigenvalue weighted by molar-refractivity contribution is 7.71. The fourth-order valence-corrected chi connectivity index (χ4v) is 4.18. The molecule has 0 atom stereocenters. The first kappa shape index (κ1) is 19.0. The first-order valence-corrected chi connectivity index (χ1v) is 10.2. The Kier molecular flexibility index (Phi) is 5.41. The summed E-state index contributed by atoms with van der Waals surface area (Å²) in [5, 5.41) is 13.4. The highest BCUT2D eigenvalue weighted by Crippen LogP contribution is 2.34. The van der Waals surface area contributed by atoms with Crippen LogP contribution >= 0.6 is 46.8 Å². The van der Waals surface area contributed by atoms with Crippen LogP contribution in [0.25, 0.3) is 21.3 Å². The van der Waals surface area contributed by atoms with Gasteiger partial charge in [-0.05, 0) is 25.2 Å². The van der Waals surface area contributed by atoms with E-state index in [4.69, 9.17) is 35.4 Å². The molecule has 5 nitrogen and oxygen atoms in total. The van der Waals surface area contributed by atoms with Crippen molar-refractivity contribution < 1.29 is 0 Å². The Morgan fingerprint density at radius 2 is 1.93 bits per heavy atom. The third-order valence-corrected chi connectivity index (χ3v) is 6.26. The number of benzene rings is 2. The Labute approximate surface area is 180 Å². The predicted octanol–water partition coefficient (Wildman–Crippen LogP) is 6.23. The van der Waals surface area contributed by atoms with Gasteiger partial charge in [-0.1, -0.05) is 65.7 Å². The number of aromatic amines is 1. The van der Waals surface area contributed by atoms with Crippen LogP contribution in [-0.2, 0) is 0 Å². The fraction of sp³-hybridized carbons (Fsp3) is 0.0526. The Balaban J connectivity index is 1.76. The number of nitrogens with zero attached hydrogens (tertiary/aromatic N) is 4. The molecule has 140 valence electrons. The molecule has 4 rings (SSSR count). The second-order valence-electron chi connectivity index (χ2n) is 5.85. The molecule has 0 aliphatic carbocycles. The molecule has 0 saturated carbocycles. The lowest BCUT2D eigenvalue weighted by Crippen LogP contribution is -1.95. The van der Waals surface area contributed by atoms with Crippen LogP contribution in [0, 0.1) is 11.7 Å². The van der Waals surface area contributed by atoms with Crippen LogP contribution in [0.5, 0.6) is 0 Å². The van der Waals surface area contributed by atoms with E-state index in [-0.39, 0.29) is 0 Å². The maximum atomic E-state index is 6.24. The van der Waals surface area contributed by atoms with E-state index in [1.807, 2.05) is 49.4 Å². The van der Waals surface area contributed by atoms with Crippen molar-refractivity contribution in [2.24, 2.45) is 5.10 Å². The van der Waals surface area contributed by atoms with Gasteiger partial charge in [0, 0.05) is 11.1 Å². The molecule has 0 saturated heterocycles. The molecule has 2 aromatic carbocycles. The number of aromatic nitrogens is 4. The SMILES string of the molecule is Cc1nc(-c2ccccc2)sc1-c1n[nH]c(=S)n1/N=C/c1cccc(Cl)c1Cl. The Morgan fingerprint density at radius 1 is 1.14 bits per heavy atom. The minimum atomic E-state index is 0.374. The first-order chi connectivity index (χ1) is 13.5. The monoisotopic (exact) mass is 445 g/mol. The van der Waals surface area contributed by atoms with E-state index in [0.717, 1.165) is 21.1 Å². The van der Waals surface area contributed by atoms with Crippen LogP contribution in [0.3, 0.4) is 0 Å². The largest absolute Gasteiger partial charge is 0.250 e. The van der Waals surface area contributed by atoms with Gasteiger partial charge in [-0.25, -0.2) is 10.1 Å². The number of H-pyrrole nitrogens is 1. The van der Waals surface area contributed by atoms with Crippen molar-refractivity contribution in [3.05, 3.63) is 74.6 Å². The molecular formula is C19H13Cl2N5S2. The second kappa shape index (κ2) is 7.97. The zero-order valence-corrected chi connectivity index (χ0v) is 17.7. The lowest BCUT2D eigenvalue weighted by atomic mass is 10.2. The highest BCUT2D eigenvalue weighted by Gasteiger charge is 2.17. The molecule has 2 aromatic heterocycles. The van der Waals surface area contributed by atoms with E-state index in [1.165, 1.54) is 11.3 Å². The van der Waals surface area contributed by atoms with E-state index < -0.39 is 0 Å². The van der Waals surface area contributed by atoms with E-state index in [9.17, 15) is 0 Å². The summed E-state index contributed by atoms with van der Waals surface area (Å²) in [6.07, 6.45) is 1.61. The van der Waals surface area contributed by atoms with E-state index >= 15 is 0 Å². The lowest BCUT2D eigenvalue weighted by molar-refractivity contribution is 0.872. The Bertz CT molecular complexity index is 1220. The fourth-order valence-electron chi connectivity index (χ4n) is 2.59. The van der Waals surface area contributed by atoms with Crippen LogP contribution in [0.1, 0.15) is 11.3 Å². The summed E-state index contributed by atoms with van der Waals surface area (Å²) >= 11 is 19.2. The number of hydrogen-bond acceptors (Lipinski definition) is 5.